The van der Waals surface area contributed by atoms with Gasteiger partial charge in [0, 0.05) is 19.2 Å². The Hall–Kier alpha value is -2.62. The van der Waals surface area contributed by atoms with Crippen LogP contribution in [0.25, 0.3) is 0 Å². The van der Waals surface area contributed by atoms with Crippen molar-refractivity contribution in [2.45, 2.75) is 6.54 Å². The van der Waals surface area contributed by atoms with Crippen LogP contribution in [0, 0.1) is 0 Å². The third-order valence-electron chi connectivity index (χ3n) is 3.07. The number of benzene rings is 2. The molecule has 0 aliphatic heterocycles. The van der Waals surface area contributed by atoms with Gasteiger partial charge in [0.05, 0.1) is 6.21 Å². The van der Waals surface area contributed by atoms with Gasteiger partial charge in [-0.1, -0.05) is 47.6 Å². The van der Waals surface area contributed by atoms with Gasteiger partial charge >= 0.3 is 0 Å². The highest BCUT2D eigenvalue weighted by Gasteiger charge is 2.11. The van der Waals surface area contributed by atoms with Crippen LogP contribution in [-0.4, -0.2) is 31.2 Å². The van der Waals surface area contributed by atoms with Crippen molar-refractivity contribution in [1.82, 2.24) is 4.90 Å². The van der Waals surface area contributed by atoms with Gasteiger partial charge in [0.1, 0.15) is 7.11 Å². The molecular weight excluding hydrogens is 264 g/mol. The molecule has 0 N–H and O–H groups in total. The lowest BCUT2D eigenvalue weighted by atomic mass is 10.1. The molecule has 0 saturated heterocycles. The second-order valence-electron chi connectivity index (χ2n) is 4.69. The number of carbonyl (C=O) groups is 1. The predicted molar refractivity (Wildman–Crippen MR) is 83.3 cm³/mol. The highest BCUT2D eigenvalue weighted by Crippen LogP contribution is 2.09. The molecule has 2 rings (SSSR count). The fraction of sp³-hybridized carbons (Fsp3) is 0.176. The Balaban J connectivity index is 2.03. The first-order valence-corrected chi connectivity index (χ1v) is 6.66. The Morgan fingerprint density at radius 2 is 1.81 bits per heavy atom. The Morgan fingerprint density at radius 3 is 2.43 bits per heavy atom. The standard InChI is InChI=1S/C17H18N2O2/c1-19(13-15-6-4-3-5-7-15)17(20)16-10-8-14(9-11-16)12-18-21-2/h3-12H,13H2,1-2H3/b18-12+. The highest BCUT2D eigenvalue weighted by atomic mass is 16.6. The Bertz CT molecular complexity index is 606. The van der Waals surface area contributed by atoms with E-state index in [-0.39, 0.29) is 5.91 Å². The second kappa shape index (κ2) is 7.24. The van der Waals surface area contributed by atoms with Crippen molar-refractivity contribution in [2.24, 2.45) is 5.16 Å². The molecule has 4 heteroatoms. The smallest absolute Gasteiger partial charge is 0.253 e. The van der Waals surface area contributed by atoms with Crippen LogP contribution in [0.1, 0.15) is 21.5 Å². The van der Waals surface area contributed by atoms with Crippen molar-refractivity contribution in [3.63, 3.8) is 0 Å². The number of carbonyl (C=O) groups excluding carboxylic acids is 1. The van der Waals surface area contributed by atoms with Gasteiger partial charge in [0.15, 0.2) is 0 Å². The Kier molecular flexibility index (Phi) is 5.10. The zero-order valence-corrected chi connectivity index (χ0v) is 12.2. The van der Waals surface area contributed by atoms with Gasteiger partial charge in [0.2, 0.25) is 0 Å². The third kappa shape index (κ3) is 4.18. The van der Waals surface area contributed by atoms with E-state index in [0.29, 0.717) is 12.1 Å². The quantitative estimate of drug-likeness (QED) is 0.625. The topological polar surface area (TPSA) is 41.9 Å². The molecule has 0 saturated carbocycles. The molecule has 0 radical (unpaired) electrons. The number of amides is 1. The van der Waals surface area contributed by atoms with Crippen molar-refractivity contribution in [1.29, 1.82) is 0 Å². The Labute approximate surface area is 124 Å². The van der Waals surface area contributed by atoms with Crippen LogP contribution in [0.5, 0.6) is 0 Å². The highest BCUT2D eigenvalue weighted by molar-refractivity contribution is 5.94. The van der Waals surface area contributed by atoms with Crippen LogP contribution in [-0.2, 0) is 11.4 Å². The van der Waals surface area contributed by atoms with Crippen LogP contribution in [0.2, 0.25) is 0 Å². The van der Waals surface area contributed by atoms with Crippen LogP contribution < -0.4 is 0 Å². The first-order valence-electron chi connectivity index (χ1n) is 6.66. The molecule has 108 valence electrons. The number of nitrogens with zero attached hydrogens (tertiary/aromatic N) is 2. The fourth-order valence-electron chi connectivity index (χ4n) is 1.97. The lowest BCUT2D eigenvalue weighted by Gasteiger charge is -2.17. The summed E-state index contributed by atoms with van der Waals surface area (Å²) in [5, 5.41) is 3.69. The summed E-state index contributed by atoms with van der Waals surface area (Å²) in [6, 6.07) is 17.2. The maximum Gasteiger partial charge on any atom is 0.253 e. The van der Waals surface area contributed by atoms with E-state index in [9.17, 15) is 4.79 Å². The molecule has 21 heavy (non-hydrogen) atoms. The SMILES string of the molecule is CO/N=C/c1ccc(C(=O)N(C)Cc2ccccc2)cc1. The monoisotopic (exact) mass is 282 g/mol. The van der Waals surface area contributed by atoms with E-state index in [2.05, 4.69) is 9.99 Å². The van der Waals surface area contributed by atoms with E-state index in [1.165, 1.54) is 7.11 Å². The maximum atomic E-state index is 12.3. The minimum absolute atomic E-state index is 0.00548. The first-order chi connectivity index (χ1) is 10.2. The molecule has 0 heterocycles. The van der Waals surface area contributed by atoms with Crippen LogP contribution >= 0.6 is 0 Å². The average Bonchev–Trinajstić information content (AvgIpc) is 2.53. The maximum absolute atomic E-state index is 12.3. The summed E-state index contributed by atoms with van der Waals surface area (Å²) in [5.41, 5.74) is 2.65. The van der Waals surface area contributed by atoms with Gasteiger partial charge in [-0.15, -0.1) is 0 Å². The van der Waals surface area contributed by atoms with E-state index in [0.717, 1.165) is 11.1 Å². The molecule has 0 aromatic heterocycles. The van der Waals surface area contributed by atoms with Crippen molar-refractivity contribution in [2.75, 3.05) is 14.2 Å². The van der Waals surface area contributed by atoms with E-state index in [1.807, 2.05) is 42.5 Å². The molecule has 0 bridgehead atoms. The van der Waals surface area contributed by atoms with E-state index < -0.39 is 0 Å². The van der Waals surface area contributed by atoms with Crippen molar-refractivity contribution in [3.8, 4) is 0 Å². The minimum atomic E-state index is -0.00548. The molecule has 0 aliphatic rings. The zero-order chi connectivity index (χ0) is 15.1. The molecule has 0 aliphatic carbocycles. The van der Waals surface area contributed by atoms with Gasteiger partial charge in [-0.2, -0.15) is 0 Å². The molecule has 2 aromatic carbocycles. The van der Waals surface area contributed by atoms with Crippen LogP contribution in [0.4, 0.5) is 0 Å². The lowest BCUT2D eigenvalue weighted by Crippen LogP contribution is -2.26. The largest absolute Gasteiger partial charge is 0.399 e. The van der Waals surface area contributed by atoms with Crippen molar-refractivity contribution in [3.05, 3.63) is 71.3 Å². The summed E-state index contributed by atoms with van der Waals surface area (Å²) < 4.78 is 0. The van der Waals surface area contributed by atoms with Gasteiger partial charge in [-0.05, 0) is 23.3 Å². The minimum Gasteiger partial charge on any atom is -0.399 e. The van der Waals surface area contributed by atoms with Crippen LogP contribution in [0.15, 0.2) is 59.8 Å². The zero-order valence-electron chi connectivity index (χ0n) is 12.2. The third-order valence-corrected chi connectivity index (χ3v) is 3.07. The van der Waals surface area contributed by atoms with Crippen LogP contribution in [0.3, 0.4) is 0 Å². The molecule has 2 aromatic rings. The molecule has 0 spiro atoms. The van der Waals surface area contributed by atoms with E-state index in [1.54, 1.807) is 30.3 Å². The predicted octanol–water partition coefficient (Wildman–Crippen LogP) is 2.94. The second-order valence-corrected chi connectivity index (χ2v) is 4.69. The molecule has 0 atom stereocenters. The summed E-state index contributed by atoms with van der Waals surface area (Å²) in [6.45, 7) is 0.590. The van der Waals surface area contributed by atoms with Gasteiger partial charge in [-0.25, -0.2) is 0 Å². The fourth-order valence-corrected chi connectivity index (χ4v) is 1.97. The first kappa shape index (κ1) is 14.8. The van der Waals surface area contributed by atoms with Gasteiger partial charge < -0.3 is 9.74 Å². The lowest BCUT2D eigenvalue weighted by molar-refractivity contribution is 0.0785. The number of oxime groups is 1. The molecule has 4 nitrogen and oxygen atoms in total. The summed E-state index contributed by atoms with van der Waals surface area (Å²) in [7, 11) is 3.29. The van der Waals surface area contributed by atoms with E-state index >= 15 is 0 Å². The van der Waals surface area contributed by atoms with Crippen molar-refractivity contribution >= 4 is 12.1 Å². The molecule has 0 fully saturated rings. The average molecular weight is 282 g/mol. The molecular formula is C17H18N2O2. The van der Waals surface area contributed by atoms with Gasteiger partial charge in [-0.3, -0.25) is 4.79 Å². The van der Waals surface area contributed by atoms with E-state index in [4.69, 9.17) is 0 Å². The van der Waals surface area contributed by atoms with Crippen molar-refractivity contribution < 1.29 is 9.63 Å². The number of hydrogen-bond donors (Lipinski definition) is 0. The normalized spacial score (nSPS) is 10.6. The Morgan fingerprint density at radius 1 is 1.14 bits per heavy atom. The summed E-state index contributed by atoms with van der Waals surface area (Å²) in [6.07, 6.45) is 1.60. The van der Waals surface area contributed by atoms with Gasteiger partial charge in [0.25, 0.3) is 5.91 Å². The summed E-state index contributed by atoms with van der Waals surface area (Å²) >= 11 is 0. The molecule has 1 amide bonds. The molecule has 0 unspecified atom stereocenters. The summed E-state index contributed by atoms with van der Waals surface area (Å²) in [4.78, 5) is 18.7. The number of rotatable bonds is 5. The summed E-state index contributed by atoms with van der Waals surface area (Å²) in [5.74, 6) is -0.00548. The number of hydrogen-bond acceptors (Lipinski definition) is 3.